The van der Waals surface area contributed by atoms with Gasteiger partial charge in [0.1, 0.15) is 10.6 Å². The van der Waals surface area contributed by atoms with Crippen molar-refractivity contribution in [2.75, 3.05) is 61.5 Å². The molecule has 0 bridgehead atoms. The van der Waals surface area contributed by atoms with E-state index < -0.39 is 15.9 Å². The number of nitrogens with two attached hydrogens (primary N) is 1. The molecule has 0 atom stereocenters. The van der Waals surface area contributed by atoms with Crippen LogP contribution in [0.1, 0.15) is 15.9 Å². The maximum absolute atomic E-state index is 13.9. The summed E-state index contributed by atoms with van der Waals surface area (Å²) in [4.78, 5) is 33.1. The average molecular weight is 808 g/mol. The van der Waals surface area contributed by atoms with Crippen molar-refractivity contribution in [3.63, 3.8) is 0 Å². The number of allylic oxidation sites excluding steroid dienone is 1. The number of Topliss-reactive ketones (excluding diaryl/α,β-unsaturated/α-hetero) is 1. The average Bonchev–Trinajstić information content (AvgIpc) is 3.15. The van der Waals surface area contributed by atoms with E-state index in [0.29, 0.717) is 60.9 Å². The summed E-state index contributed by atoms with van der Waals surface area (Å²) in [5.74, 6) is 0.172. The fraction of sp³-hybridized carbons (Fsp3) is 0.233. The van der Waals surface area contributed by atoms with Crippen LogP contribution in [0.5, 0.6) is 0 Å². The van der Waals surface area contributed by atoms with Crippen LogP contribution in [0.25, 0.3) is 16.8 Å². The van der Waals surface area contributed by atoms with E-state index in [-0.39, 0.29) is 53.7 Å². The Labute approximate surface area is 315 Å². The number of hydrogen-bond donors (Lipinski definition) is 5. The number of hydrazone groups is 1. The van der Waals surface area contributed by atoms with Crippen LogP contribution in [0, 0.1) is 0 Å². The number of fused-ring (bicyclic) bond motifs is 2. The molecular formula is C30H30ClN9O10S3. The van der Waals surface area contributed by atoms with Gasteiger partial charge < -0.3 is 15.5 Å². The van der Waals surface area contributed by atoms with Crippen LogP contribution < -0.4 is 21.0 Å². The smallest absolute Gasteiger partial charge is 0.295 e. The van der Waals surface area contributed by atoms with Crippen LogP contribution in [0.3, 0.4) is 0 Å². The lowest BCUT2D eigenvalue weighted by Gasteiger charge is -2.34. The van der Waals surface area contributed by atoms with Gasteiger partial charge in [-0.25, -0.2) is 10.5 Å². The van der Waals surface area contributed by atoms with Gasteiger partial charge in [0.25, 0.3) is 10.1 Å². The molecule has 6 rings (SSSR count). The molecule has 53 heavy (non-hydrogen) atoms. The predicted octanol–water partition coefficient (Wildman–Crippen LogP) is 4.28. The van der Waals surface area contributed by atoms with E-state index >= 15 is 0 Å². The summed E-state index contributed by atoms with van der Waals surface area (Å²) >= 11 is 7.34. The Morgan fingerprint density at radius 2 is 1.77 bits per heavy atom. The Hall–Kier alpha value is -4.01. The number of rotatable bonds is 14. The number of ketones is 1. The van der Waals surface area contributed by atoms with Crippen molar-refractivity contribution in [1.82, 2.24) is 19.9 Å². The minimum Gasteiger partial charge on any atom is -0.338 e. The highest BCUT2D eigenvalue weighted by Gasteiger charge is 2.29. The monoisotopic (exact) mass is 807 g/mol. The fourth-order valence-electron chi connectivity index (χ4n) is 5.72. The zero-order valence-corrected chi connectivity index (χ0v) is 30.7. The number of halogens is 1. The zero-order valence-electron chi connectivity index (χ0n) is 27.4. The quantitative estimate of drug-likeness (QED) is 0.0516. The highest BCUT2D eigenvalue weighted by atomic mass is 35.5. The first kappa shape index (κ1) is 38.7. The van der Waals surface area contributed by atoms with Crippen LogP contribution in [0.4, 0.5) is 23.3 Å². The molecule has 19 nitrogen and oxygen atoms in total. The first-order chi connectivity index (χ1) is 25.5. The van der Waals surface area contributed by atoms with Gasteiger partial charge in [0, 0.05) is 68.3 Å². The number of piperazine rings is 1. The molecule has 1 fully saturated rings. The molecule has 0 amide bonds. The summed E-state index contributed by atoms with van der Waals surface area (Å²) in [6, 6.07) is 12.0. The van der Waals surface area contributed by atoms with E-state index in [4.69, 9.17) is 27.8 Å². The largest absolute Gasteiger partial charge is 0.338 e. The highest BCUT2D eigenvalue weighted by Crippen LogP contribution is 2.39. The lowest BCUT2D eigenvalue weighted by atomic mass is 9.94. The molecule has 1 aromatic heterocycles. The number of carbonyl (C=O) groups is 1. The van der Waals surface area contributed by atoms with E-state index in [1.807, 2.05) is 4.90 Å². The number of nitrogens with zero attached hydrogens (tertiary/aromatic N) is 7. The summed E-state index contributed by atoms with van der Waals surface area (Å²) in [7, 11) is -2.86. The van der Waals surface area contributed by atoms with Crippen molar-refractivity contribution in [2.24, 2.45) is 10.8 Å². The van der Waals surface area contributed by atoms with Gasteiger partial charge in [0.05, 0.1) is 39.6 Å². The molecule has 4 aromatic rings. The molecule has 0 spiro atoms. The number of hydrogen-bond acceptors (Lipinski definition) is 20. The summed E-state index contributed by atoms with van der Waals surface area (Å²) in [5.41, 5.74) is 9.83. The van der Waals surface area contributed by atoms with Crippen molar-refractivity contribution >= 4 is 97.4 Å². The van der Waals surface area contributed by atoms with Crippen molar-refractivity contribution in [3.05, 3.63) is 69.8 Å². The molecule has 2 heterocycles. The third-order valence-electron chi connectivity index (χ3n) is 8.23. The number of aromatic nitrogens is 3. The second-order valence-electron chi connectivity index (χ2n) is 11.3. The first-order valence-electron chi connectivity index (χ1n) is 15.4. The van der Waals surface area contributed by atoms with E-state index in [0.717, 1.165) is 19.6 Å². The van der Waals surface area contributed by atoms with E-state index in [2.05, 4.69) is 49.1 Å². The third-order valence-corrected chi connectivity index (χ3v) is 10.7. The van der Waals surface area contributed by atoms with Gasteiger partial charge in [0.2, 0.25) is 23.0 Å². The molecule has 1 aliphatic heterocycles. The molecule has 2 aliphatic rings. The van der Waals surface area contributed by atoms with Crippen molar-refractivity contribution in [3.8, 4) is 0 Å². The van der Waals surface area contributed by atoms with Crippen LogP contribution in [-0.4, -0.2) is 101 Å². The van der Waals surface area contributed by atoms with Gasteiger partial charge in [-0.3, -0.25) is 19.7 Å². The molecule has 1 saturated heterocycles. The molecule has 1 aliphatic carbocycles. The molecule has 280 valence electrons. The molecular weight excluding hydrogens is 778 g/mol. The van der Waals surface area contributed by atoms with Crippen LogP contribution in [0.2, 0.25) is 5.28 Å². The van der Waals surface area contributed by atoms with Crippen LogP contribution in [0.15, 0.2) is 68.3 Å². The van der Waals surface area contributed by atoms with Crippen molar-refractivity contribution in [1.29, 1.82) is 0 Å². The Morgan fingerprint density at radius 1 is 1.02 bits per heavy atom. The number of nitrogens with one attached hydrogen (secondary N) is 1. The number of benzene rings is 3. The van der Waals surface area contributed by atoms with Gasteiger partial charge >= 0.3 is 0 Å². The zero-order chi connectivity index (χ0) is 37.7. The Balaban J connectivity index is 1.30. The normalized spacial score (nSPS) is 15.9. The summed E-state index contributed by atoms with van der Waals surface area (Å²) < 4.78 is 43.0. The van der Waals surface area contributed by atoms with Gasteiger partial charge in [-0.05, 0) is 53.6 Å². The second kappa shape index (κ2) is 17.0. The van der Waals surface area contributed by atoms with Crippen molar-refractivity contribution < 1.29 is 47.0 Å². The lowest BCUT2D eigenvalue weighted by Crippen LogP contribution is -2.48. The van der Waals surface area contributed by atoms with Gasteiger partial charge in [-0.1, -0.05) is 28.3 Å². The highest BCUT2D eigenvalue weighted by molar-refractivity contribution is 7.99. The Bertz CT molecular complexity index is 2190. The van der Waals surface area contributed by atoms with Crippen LogP contribution >= 0.6 is 35.7 Å². The maximum atomic E-state index is 13.9. The topological polar surface area (TPSA) is 248 Å². The minimum atomic E-state index is -4.60. The summed E-state index contributed by atoms with van der Waals surface area (Å²) in [6.45, 7) is 4.37. The fourth-order valence-corrected chi connectivity index (χ4v) is 7.64. The van der Waals surface area contributed by atoms with Gasteiger partial charge in [-0.15, -0.1) is 8.67 Å². The maximum Gasteiger partial charge on any atom is 0.295 e. The number of anilines is 4. The standard InChI is InChI=1S/C30H30ClN9O10S3/c1-38(29-33-28(31)34-30(35-29)40-13-11-39(10-9-32)12-14-40)18-5-6-19-17(15-18)16-23(51-49-47-42)25(26(19)41)37-36-22-8-7-20-21(27(22)52-50-48-43)3-2-4-24(20)53(44,45)46/h2-8,15-16,36,42-43H,9-14,32H2,1H3,(H,44,45,46)/b37-25-. The molecule has 0 radical (unpaired) electrons. The SMILES string of the molecule is CN(c1ccc2c(c1)C=C(SOOO)/C(=N/Nc1ccc3c(S(=O)(=O)O)cccc3c1SOOO)C2=O)c1nc(Cl)nc(N2CCN(CCN)CC2)n1. The van der Waals surface area contributed by atoms with Crippen molar-refractivity contribution in [2.45, 2.75) is 9.79 Å². The summed E-state index contributed by atoms with van der Waals surface area (Å²) in [5, 5.41) is 30.0. The van der Waals surface area contributed by atoms with Gasteiger partial charge in [-0.2, -0.15) is 28.5 Å². The first-order valence-corrected chi connectivity index (χ1v) is 18.7. The third kappa shape index (κ3) is 8.70. The van der Waals surface area contributed by atoms with E-state index in [1.54, 1.807) is 36.2 Å². The lowest BCUT2D eigenvalue weighted by molar-refractivity contribution is -0.432. The molecule has 6 N–H and O–H groups in total. The Kier molecular flexibility index (Phi) is 12.4. The number of carbonyl (C=O) groups excluding carboxylic acids is 1. The second-order valence-corrected chi connectivity index (χ2v) is 14.5. The molecule has 3 aromatic carbocycles. The minimum absolute atomic E-state index is 0.0183. The Morgan fingerprint density at radius 3 is 2.49 bits per heavy atom. The van der Waals surface area contributed by atoms with E-state index in [9.17, 15) is 17.8 Å². The van der Waals surface area contributed by atoms with Crippen LogP contribution in [-0.2, 0) is 28.9 Å². The predicted molar refractivity (Wildman–Crippen MR) is 197 cm³/mol. The summed E-state index contributed by atoms with van der Waals surface area (Å²) in [6.07, 6.45) is 1.59. The van der Waals surface area contributed by atoms with E-state index in [1.165, 1.54) is 30.3 Å². The van der Waals surface area contributed by atoms with Gasteiger partial charge in [0.15, 0.2) is 0 Å². The molecule has 0 saturated carbocycles. The molecule has 0 unspecified atom stereocenters. The molecule has 23 heteroatoms.